The molecule has 6 nitrogen and oxygen atoms in total. The number of fused-ring (bicyclic) bond motifs is 1. The van der Waals surface area contributed by atoms with Gasteiger partial charge in [-0.1, -0.05) is 32.6 Å². The number of hydrogen-bond acceptors (Lipinski definition) is 4. The summed E-state index contributed by atoms with van der Waals surface area (Å²) in [7, 11) is 0. The van der Waals surface area contributed by atoms with Crippen molar-refractivity contribution in [3.63, 3.8) is 0 Å². The molecule has 7 heteroatoms. The Bertz CT molecular complexity index is 364. The van der Waals surface area contributed by atoms with Crippen molar-refractivity contribution in [2.75, 3.05) is 12.3 Å². The highest BCUT2D eigenvalue weighted by Gasteiger charge is 2.42. The number of hydrogen-bond donors (Lipinski definition) is 4. The highest BCUT2D eigenvalue weighted by atomic mass is 32.2. The van der Waals surface area contributed by atoms with Crippen molar-refractivity contribution in [2.45, 2.75) is 75.6 Å². The van der Waals surface area contributed by atoms with Gasteiger partial charge >= 0.3 is 12.0 Å². The molecule has 0 saturated carbocycles. The van der Waals surface area contributed by atoms with E-state index < -0.39 is 5.97 Å². The Morgan fingerprint density at radius 3 is 2.70 bits per heavy atom. The van der Waals surface area contributed by atoms with E-state index in [4.69, 9.17) is 10.8 Å². The summed E-state index contributed by atoms with van der Waals surface area (Å²) in [4.78, 5) is 21.5. The maximum Gasteiger partial charge on any atom is 0.315 e. The van der Waals surface area contributed by atoms with Gasteiger partial charge in [0, 0.05) is 17.4 Å². The summed E-state index contributed by atoms with van der Waals surface area (Å²) < 4.78 is 0. The largest absolute Gasteiger partial charge is 0.481 e. The van der Waals surface area contributed by atoms with Crippen LogP contribution in [0.1, 0.15) is 58.3 Å². The van der Waals surface area contributed by atoms with Gasteiger partial charge in [0.05, 0.1) is 12.1 Å². The van der Waals surface area contributed by atoms with Gasteiger partial charge in [0.1, 0.15) is 0 Å². The molecule has 2 amide bonds. The number of carboxylic acid groups (broad SMARTS) is 1. The van der Waals surface area contributed by atoms with Crippen LogP contribution in [-0.4, -0.2) is 46.7 Å². The Morgan fingerprint density at radius 2 is 2.04 bits per heavy atom. The van der Waals surface area contributed by atoms with Gasteiger partial charge in [-0.15, -0.1) is 0 Å². The first-order chi connectivity index (χ1) is 11.1. The van der Waals surface area contributed by atoms with Gasteiger partial charge in [0.25, 0.3) is 0 Å². The Hall–Kier alpha value is -0.950. The van der Waals surface area contributed by atoms with Gasteiger partial charge in [-0.3, -0.25) is 4.79 Å². The van der Waals surface area contributed by atoms with Crippen LogP contribution in [0.2, 0.25) is 0 Å². The predicted octanol–water partition coefficient (Wildman–Crippen LogP) is 2.32. The molecule has 2 aliphatic heterocycles. The third-order valence-electron chi connectivity index (χ3n) is 4.13. The molecular formula is C16H31N3O3S. The van der Waals surface area contributed by atoms with E-state index in [2.05, 4.69) is 17.6 Å². The number of rotatable bonds is 9. The van der Waals surface area contributed by atoms with Gasteiger partial charge in [-0.05, 0) is 25.8 Å². The first-order valence-electron chi connectivity index (χ1n) is 8.69. The van der Waals surface area contributed by atoms with Crippen molar-refractivity contribution in [1.82, 2.24) is 10.6 Å². The Balaban J connectivity index is 0.000000322. The predicted molar refractivity (Wildman–Crippen MR) is 94.8 cm³/mol. The molecule has 3 atom stereocenters. The van der Waals surface area contributed by atoms with E-state index in [1.165, 1.54) is 25.7 Å². The van der Waals surface area contributed by atoms with Crippen molar-refractivity contribution in [3.05, 3.63) is 0 Å². The first kappa shape index (κ1) is 20.1. The van der Waals surface area contributed by atoms with Gasteiger partial charge < -0.3 is 21.5 Å². The zero-order valence-electron chi connectivity index (χ0n) is 14.1. The van der Waals surface area contributed by atoms with Gasteiger partial charge in [0.15, 0.2) is 0 Å². The van der Waals surface area contributed by atoms with Crippen LogP contribution in [0.25, 0.3) is 0 Å². The number of carbonyl (C=O) groups excluding carboxylic acids is 1. The normalized spacial score (nSPS) is 25.1. The lowest BCUT2D eigenvalue weighted by molar-refractivity contribution is -0.137. The molecule has 0 unspecified atom stereocenters. The van der Waals surface area contributed by atoms with Crippen LogP contribution >= 0.6 is 11.8 Å². The topological polar surface area (TPSA) is 104 Å². The van der Waals surface area contributed by atoms with Crippen LogP contribution in [0.15, 0.2) is 0 Å². The molecule has 0 spiro atoms. The first-order valence-corrected chi connectivity index (χ1v) is 9.73. The number of aliphatic carboxylic acids is 1. The molecule has 0 aromatic carbocycles. The molecule has 2 aliphatic rings. The van der Waals surface area contributed by atoms with Crippen LogP contribution in [-0.2, 0) is 4.79 Å². The molecule has 2 saturated heterocycles. The fourth-order valence-corrected chi connectivity index (χ4v) is 4.38. The lowest BCUT2D eigenvalue weighted by Gasteiger charge is -2.16. The third-order valence-corrected chi connectivity index (χ3v) is 5.63. The average molecular weight is 346 g/mol. The number of nitrogens with one attached hydrogen (secondary N) is 2. The van der Waals surface area contributed by atoms with Gasteiger partial charge in [-0.25, -0.2) is 4.79 Å². The molecule has 2 heterocycles. The van der Waals surface area contributed by atoms with Crippen molar-refractivity contribution in [3.8, 4) is 0 Å². The number of carbonyl (C=O) groups is 2. The van der Waals surface area contributed by atoms with Crippen LogP contribution in [0.3, 0.4) is 0 Å². The summed E-state index contributed by atoms with van der Waals surface area (Å²) in [5.74, 6) is 0.236. The summed E-state index contributed by atoms with van der Waals surface area (Å²) >= 11 is 1.87. The quantitative estimate of drug-likeness (QED) is 0.379. The molecule has 23 heavy (non-hydrogen) atoms. The fourth-order valence-electron chi connectivity index (χ4n) is 2.84. The standard InChI is InChI=1S/C10H16N2O3S.C6H15N/c13-8(14)4-2-1-3-7-9-6(5-16-7)11-10(15)12-9;1-2-3-4-5-6-7/h6-7,9H,1-5H2,(H,13,14)(H2,11,12,15);2-7H2,1H3/t6-,7-,9-;/m0./s1. The monoisotopic (exact) mass is 345 g/mol. The van der Waals surface area contributed by atoms with E-state index >= 15 is 0 Å². The van der Waals surface area contributed by atoms with E-state index in [-0.39, 0.29) is 24.5 Å². The molecule has 0 radical (unpaired) electrons. The smallest absolute Gasteiger partial charge is 0.315 e. The summed E-state index contributed by atoms with van der Waals surface area (Å²) in [6, 6.07) is 0.440. The average Bonchev–Trinajstić information content (AvgIpc) is 3.04. The summed E-state index contributed by atoms with van der Waals surface area (Å²) in [5.41, 5.74) is 5.27. The van der Waals surface area contributed by atoms with Gasteiger partial charge in [0.2, 0.25) is 0 Å². The van der Waals surface area contributed by atoms with Crippen molar-refractivity contribution >= 4 is 23.8 Å². The van der Waals surface area contributed by atoms with Crippen LogP contribution < -0.4 is 16.4 Å². The van der Waals surface area contributed by atoms with E-state index in [1.807, 2.05) is 11.8 Å². The SMILES string of the molecule is CCCCCCN.O=C(O)CCCC[C@@H]1SC[C@@H]2NC(=O)N[C@@H]21. The van der Waals surface area contributed by atoms with Crippen molar-refractivity contribution in [2.24, 2.45) is 5.73 Å². The van der Waals surface area contributed by atoms with E-state index in [9.17, 15) is 9.59 Å². The Kier molecular flexibility index (Phi) is 10.1. The zero-order chi connectivity index (χ0) is 17.1. The number of urea groups is 1. The lowest BCUT2D eigenvalue weighted by Crippen LogP contribution is -2.36. The van der Waals surface area contributed by atoms with Crippen LogP contribution in [0, 0.1) is 0 Å². The molecule has 0 aromatic rings. The molecule has 134 valence electrons. The lowest BCUT2D eigenvalue weighted by atomic mass is 10.0. The molecule has 0 bridgehead atoms. The van der Waals surface area contributed by atoms with E-state index in [0.717, 1.165) is 31.6 Å². The fraction of sp³-hybridized carbons (Fsp3) is 0.875. The van der Waals surface area contributed by atoms with E-state index in [1.54, 1.807) is 0 Å². The molecule has 2 fully saturated rings. The number of thioether (sulfide) groups is 1. The maximum atomic E-state index is 11.1. The van der Waals surface area contributed by atoms with Crippen LogP contribution in [0.5, 0.6) is 0 Å². The third kappa shape index (κ3) is 7.92. The van der Waals surface area contributed by atoms with Gasteiger partial charge in [-0.2, -0.15) is 11.8 Å². The summed E-state index contributed by atoms with van der Waals surface area (Å²) in [5, 5.41) is 14.8. The molecule has 0 aromatic heterocycles. The highest BCUT2D eigenvalue weighted by molar-refractivity contribution is 8.00. The second-order valence-electron chi connectivity index (χ2n) is 6.11. The summed E-state index contributed by atoms with van der Waals surface area (Å²) in [6.07, 6.45) is 8.05. The zero-order valence-corrected chi connectivity index (χ0v) is 14.9. The molecule has 5 N–H and O–H groups in total. The minimum absolute atomic E-state index is 0.0640. The number of nitrogens with two attached hydrogens (primary N) is 1. The molecule has 0 aliphatic carbocycles. The highest BCUT2D eigenvalue weighted by Crippen LogP contribution is 2.33. The molecular weight excluding hydrogens is 314 g/mol. The van der Waals surface area contributed by atoms with Crippen molar-refractivity contribution in [1.29, 1.82) is 0 Å². The van der Waals surface area contributed by atoms with Crippen LogP contribution in [0.4, 0.5) is 4.79 Å². The number of amides is 2. The summed E-state index contributed by atoms with van der Waals surface area (Å²) in [6.45, 7) is 3.07. The Labute approximate surface area is 143 Å². The van der Waals surface area contributed by atoms with Crippen molar-refractivity contribution < 1.29 is 14.7 Å². The van der Waals surface area contributed by atoms with E-state index in [0.29, 0.717) is 5.25 Å². The maximum absolute atomic E-state index is 11.1. The number of unbranched alkanes of at least 4 members (excludes halogenated alkanes) is 4. The second kappa shape index (κ2) is 11.6. The minimum atomic E-state index is -0.729. The second-order valence-corrected chi connectivity index (χ2v) is 7.38. The minimum Gasteiger partial charge on any atom is -0.481 e. The Morgan fingerprint density at radius 1 is 1.26 bits per heavy atom. The number of carboxylic acids is 1. The molecule has 2 rings (SSSR count).